The Balaban J connectivity index is 1.89. The second-order valence-electron chi connectivity index (χ2n) is 4.85. The van der Waals surface area contributed by atoms with E-state index in [0.29, 0.717) is 30.5 Å². The maximum absolute atomic E-state index is 12.0. The summed E-state index contributed by atoms with van der Waals surface area (Å²) in [7, 11) is 0. The van der Waals surface area contributed by atoms with Crippen LogP contribution in [0.1, 0.15) is 36.0 Å². The summed E-state index contributed by atoms with van der Waals surface area (Å²) in [5.41, 5.74) is 0.961. The molecular formula is C16H20ClN3O4. The van der Waals surface area contributed by atoms with E-state index in [4.69, 9.17) is 25.5 Å². The maximum atomic E-state index is 12.0. The van der Waals surface area contributed by atoms with Crippen molar-refractivity contribution < 1.29 is 18.7 Å². The summed E-state index contributed by atoms with van der Waals surface area (Å²) in [4.78, 5) is 12.0. The molecule has 1 N–H and O–H groups in total. The molecule has 7 nitrogen and oxygen atoms in total. The van der Waals surface area contributed by atoms with Gasteiger partial charge in [-0.3, -0.25) is 4.79 Å². The lowest BCUT2D eigenvalue weighted by Gasteiger charge is -2.16. The summed E-state index contributed by atoms with van der Waals surface area (Å²) in [6.07, 6.45) is -0.0711. The monoisotopic (exact) mass is 353 g/mol. The first-order valence-corrected chi connectivity index (χ1v) is 8.08. The van der Waals surface area contributed by atoms with Gasteiger partial charge in [0.05, 0.1) is 13.0 Å². The number of aromatic nitrogens is 2. The molecular weight excluding hydrogens is 334 g/mol. The van der Waals surface area contributed by atoms with Crippen LogP contribution in [-0.2, 0) is 15.9 Å². The molecule has 130 valence electrons. The molecule has 0 fully saturated rings. The van der Waals surface area contributed by atoms with Crippen molar-refractivity contribution in [3.63, 3.8) is 0 Å². The molecule has 1 aromatic carbocycles. The van der Waals surface area contributed by atoms with Crippen LogP contribution >= 0.6 is 11.6 Å². The molecule has 0 spiro atoms. The van der Waals surface area contributed by atoms with Gasteiger partial charge in [-0.1, -0.05) is 23.7 Å². The molecule has 0 aliphatic carbocycles. The number of nitrogens with zero attached hydrogens (tertiary/aromatic N) is 2. The maximum Gasteiger partial charge on any atom is 0.309 e. The predicted octanol–water partition coefficient (Wildman–Crippen LogP) is 2.44. The van der Waals surface area contributed by atoms with Crippen molar-refractivity contribution in [3.8, 4) is 0 Å². The van der Waals surface area contributed by atoms with Gasteiger partial charge in [0, 0.05) is 18.2 Å². The SMILES string of the molecule is CCOC(CNC(=O)c1nnc(Cc2ccc(Cl)cc2)o1)OCC. The lowest BCUT2D eigenvalue weighted by Crippen LogP contribution is -2.35. The lowest BCUT2D eigenvalue weighted by molar-refractivity contribution is -0.131. The zero-order valence-electron chi connectivity index (χ0n) is 13.6. The Labute approximate surface area is 145 Å². The Morgan fingerprint density at radius 1 is 1.21 bits per heavy atom. The van der Waals surface area contributed by atoms with Gasteiger partial charge in [-0.15, -0.1) is 10.2 Å². The average Bonchev–Trinajstić information content (AvgIpc) is 3.03. The number of nitrogens with one attached hydrogen (secondary N) is 1. The predicted molar refractivity (Wildman–Crippen MR) is 87.9 cm³/mol. The lowest BCUT2D eigenvalue weighted by atomic mass is 10.1. The van der Waals surface area contributed by atoms with Crippen molar-refractivity contribution in [2.24, 2.45) is 0 Å². The first-order chi connectivity index (χ1) is 11.6. The van der Waals surface area contributed by atoms with Crippen LogP contribution in [0.2, 0.25) is 5.02 Å². The third kappa shape index (κ3) is 5.59. The molecule has 24 heavy (non-hydrogen) atoms. The fourth-order valence-electron chi connectivity index (χ4n) is 1.98. The van der Waals surface area contributed by atoms with E-state index in [-0.39, 0.29) is 12.4 Å². The van der Waals surface area contributed by atoms with Gasteiger partial charge in [0.2, 0.25) is 5.89 Å². The normalized spacial score (nSPS) is 11.0. The van der Waals surface area contributed by atoms with Crippen LogP contribution in [0.3, 0.4) is 0 Å². The zero-order chi connectivity index (χ0) is 17.4. The summed E-state index contributed by atoms with van der Waals surface area (Å²) in [5.74, 6) is -0.200. The fraction of sp³-hybridized carbons (Fsp3) is 0.438. The van der Waals surface area contributed by atoms with Crippen molar-refractivity contribution in [2.45, 2.75) is 26.6 Å². The van der Waals surface area contributed by atoms with Crippen LogP contribution in [0, 0.1) is 0 Å². The molecule has 0 unspecified atom stereocenters. The number of hydrogen-bond acceptors (Lipinski definition) is 6. The first-order valence-electron chi connectivity index (χ1n) is 7.70. The van der Waals surface area contributed by atoms with Crippen molar-refractivity contribution in [1.82, 2.24) is 15.5 Å². The quantitative estimate of drug-likeness (QED) is 0.697. The summed E-state index contributed by atoms with van der Waals surface area (Å²) in [6, 6.07) is 7.28. The van der Waals surface area contributed by atoms with Crippen LogP contribution < -0.4 is 5.32 Å². The molecule has 0 saturated carbocycles. The molecule has 0 saturated heterocycles. The molecule has 1 aromatic heterocycles. The van der Waals surface area contributed by atoms with E-state index in [1.165, 1.54) is 0 Å². The van der Waals surface area contributed by atoms with Gasteiger partial charge in [-0.25, -0.2) is 0 Å². The van der Waals surface area contributed by atoms with Crippen LogP contribution in [0.5, 0.6) is 0 Å². The summed E-state index contributed by atoms with van der Waals surface area (Å²) in [6.45, 7) is 4.90. The Morgan fingerprint density at radius 3 is 2.50 bits per heavy atom. The highest BCUT2D eigenvalue weighted by atomic mass is 35.5. The molecule has 2 rings (SSSR count). The molecule has 0 aliphatic rings. The topological polar surface area (TPSA) is 86.5 Å². The number of hydrogen-bond donors (Lipinski definition) is 1. The van der Waals surface area contributed by atoms with E-state index < -0.39 is 12.2 Å². The summed E-state index contributed by atoms with van der Waals surface area (Å²) in [5, 5.41) is 11.0. The van der Waals surface area contributed by atoms with E-state index in [2.05, 4.69) is 15.5 Å². The van der Waals surface area contributed by atoms with Gasteiger partial charge in [0.1, 0.15) is 0 Å². The van der Waals surface area contributed by atoms with E-state index in [1.807, 2.05) is 26.0 Å². The number of carbonyl (C=O) groups is 1. The van der Waals surface area contributed by atoms with Crippen molar-refractivity contribution in [3.05, 3.63) is 46.6 Å². The summed E-state index contributed by atoms with van der Waals surface area (Å²) < 4.78 is 16.1. The smallest absolute Gasteiger partial charge is 0.309 e. The number of benzene rings is 1. The van der Waals surface area contributed by atoms with E-state index in [1.54, 1.807) is 12.1 Å². The largest absolute Gasteiger partial charge is 0.417 e. The fourth-order valence-corrected chi connectivity index (χ4v) is 2.11. The van der Waals surface area contributed by atoms with Gasteiger partial charge in [-0.2, -0.15) is 0 Å². The van der Waals surface area contributed by atoms with Crippen molar-refractivity contribution in [1.29, 1.82) is 0 Å². The highest BCUT2D eigenvalue weighted by Crippen LogP contribution is 2.13. The van der Waals surface area contributed by atoms with E-state index in [9.17, 15) is 4.79 Å². The number of halogens is 1. The minimum atomic E-state index is -0.500. The minimum Gasteiger partial charge on any atom is -0.417 e. The Hall–Kier alpha value is -1.96. The van der Waals surface area contributed by atoms with Gasteiger partial charge in [0.15, 0.2) is 6.29 Å². The number of ether oxygens (including phenoxy) is 2. The van der Waals surface area contributed by atoms with E-state index >= 15 is 0 Å². The molecule has 8 heteroatoms. The zero-order valence-corrected chi connectivity index (χ0v) is 14.4. The van der Waals surface area contributed by atoms with Gasteiger partial charge < -0.3 is 19.2 Å². The summed E-state index contributed by atoms with van der Waals surface area (Å²) >= 11 is 5.84. The Bertz CT molecular complexity index is 639. The van der Waals surface area contributed by atoms with Gasteiger partial charge in [0.25, 0.3) is 0 Å². The molecule has 0 radical (unpaired) electrons. The molecule has 1 amide bonds. The van der Waals surface area contributed by atoms with E-state index in [0.717, 1.165) is 5.56 Å². The van der Waals surface area contributed by atoms with Gasteiger partial charge >= 0.3 is 11.8 Å². The average molecular weight is 354 g/mol. The highest BCUT2D eigenvalue weighted by Gasteiger charge is 2.17. The van der Waals surface area contributed by atoms with Crippen LogP contribution in [0.25, 0.3) is 0 Å². The number of carbonyl (C=O) groups excluding carboxylic acids is 1. The number of rotatable bonds is 9. The Morgan fingerprint density at radius 2 is 1.88 bits per heavy atom. The molecule has 0 atom stereocenters. The third-order valence-corrected chi connectivity index (χ3v) is 3.32. The number of amides is 1. The van der Waals surface area contributed by atoms with Crippen LogP contribution in [-0.4, -0.2) is 42.2 Å². The standard InChI is InChI=1S/C16H20ClN3O4/c1-3-22-14(23-4-2)10-18-15(21)16-20-19-13(24-16)9-11-5-7-12(17)8-6-11/h5-8,14H,3-4,9-10H2,1-2H3,(H,18,21). The second kappa shape index (κ2) is 9.36. The third-order valence-electron chi connectivity index (χ3n) is 3.06. The van der Waals surface area contributed by atoms with Crippen molar-refractivity contribution >= 4 is 17.5 Å². The Kier molecular flexibility index (Phi) is 7.17. The van der Waals surface area contributed by atoms with Crippen molar-refractivity contribution in [2.75, 3.05) is 19.8 Å². The van der Waals surface area contributed by atoms with Crippen LogP contribution in [0.15, 0.2) is 28.7 Å². The van der Waals surface area contributed by atoms with Gasteiger partial charge in [-0.05, 0) is 31.5 Å². The molecule has 0 aliphatic heterocycles. The first kappa shape index (κ1) is 18.4. The highest BCUT2D eigenvalue weighted by molar-refractivity contribution is 6.30. The molecule has 2 aromatic rings. The van der Waals surface area contributed by atoms with Crippen LogP contribution in [0.4, 0.5) is 0 Å². The second-order valence-corrected chi connectivity index (χ2v) is 5.29. The molecule has 1 heterocycles. The molecule has 0 bridgehead atoms. The minimum absolute atomic E-state index is 0.0919.